The number of benzene rings is 1. The average molecular weight is 207 g/mol. The normalized spacial score (nSPS) is 10.4. The standard InChI is InChI=1S/C11H11ClN2/c1-14-6-10(11(13)7-14)8-3-2-4-9(12)5-8/h2-7H,13H2,1H3. The largest absolute Gasteiger partial charge is 0.397 e. The fourth-order valence-electron chi connectivity index (χ4n) is 1.50. The highest BCUT2D eigenvalue weighted by atomic mass is 35.5. The van der Waals surface area contributed by atoms with Crippen LogP contribution < -0.4 is 5.73 Å². The van der Waals surface area contributed by atoms with Gasteiger partial charge in [0.25, 0.3) is 0 Å². The summed E-state index contributed by atoms with van der Waals surface area (Å²) in [6, 6.07) is 7.68. The molecule has 0 unspecified atom stereocenters. The number of hydrogen-bond acceptors (Lipinski definition) is 1. The Bertz CT molecular complexity index is 460. The summed E-state index contributed by atoms with van der Waals surface area (Å²) in [6.07, 6.45) is 3.87. The van der Waals surface area contributed by atoms with Gasteiger partial charge in [0.2, 0.25) is 0 Å². The molecule has 72 valence electrons. The van der Waals surface area contributed by atoms with E-state index in [1.165, 1.54) is 0 Å². The quantitative estimate of drug-likeness (QED) is 0.764. The Labute approximate surface area is 87.9 Å². The molecule has 1 heterocycles. The Balaban J connectivity index is 2.54. The Kier molecular flexibility index (Phi) is 2.22. The molecule has 0 radical (unpaired) electrons. The summed E-state index contributed by atoms with van der Waals surface area (Å²) in [6.45, 7) is 0. The van der Waals surface area contributed by atoms with E-state index in [4.69, 9.17) is 17.3 Å². The van der Waals surface area contributed by atoms with Crippen LogP contribution in [0.4, 0.5) is 5.69 Å². The fraction of sp³-hybridized carbons (Fsp3) is 0.0909. The Morgan fingerprint density at radius 1 is 1.29 bits per heavy atom. The summed E-state index contributed by atoms with van der Waals surface area (Å²) < 4.78 is 1.94. The molecule has 14 heavy (non-hydrogen) atoms. The van der Waals surface area contributed by atoms with Crippen LogP contribution in [0.25, 0.3) is 11.1 Å². The van der Waals surface area contributed by atoms with E-state index in [1.807, 2.05) is 48.3 Å². The predicted molar refractivity (Wildman–Crippen MR) is 60.3 cm³/mol. The van der Waals surface area contributed by atoms with Crippen molar-refractivity contribution in [2.24, 2.45) is 7.05 Å². The van der Waals surface area contributed by atoms with Crippen molar-refractivity contribution in [3.8, 4) is 11.1 Å². The maximum atomic E-state index is 5.91. The lowest BCUT2D eigenvalue weighted by molar-refractivity contribution is 0.929. The number of nitrogens with two attached hydrogens (primary N) is 1. The van der Waals surface area contributed by atoms with Crippen LogP contribution in [-0.2, 0) is 7.05 Å². The molecule has 0 saturated heterocycles. The lowest BCUT2D eigenvalue weighted by atomic mass is 10.1. The van der Waals surface area contributed by atoms with Crippen molar-refractivity contribution in [3.05, 3.63) is 41.7 Å². The lowest BCUT2D eigenvalue weighted by Gasteiger charge is -1.99. The van der Waals surface area contributed by atoms with Gasteiger partial charge in [-0.25, -0.2) is 0 Å². The minimum Gasteiger partial charge on any atom is -0.397 e. The van der Waals surface area contributed by atoms with E-state index < -0.39 is 0 Å². The van der Waals surface area contributed by atoms with Gasteiger partial charge >= 0.3 is 0 Å². The van der Waals surface area contributed by atoms with Crippen LogP contribution in [0.15, 0.2) is 36.7 Å². The van der Waals surface area contributed by atoms with Gasteiger partial charge in [-0.2, -0.15) is 0 Å². The van der Waals surface area contributed by atoms with Gasteiger partial charge in [0.05, 0.1) is 5.69 Å². The zero-order chi connectivity index (χ0) is 10.1. The molecular formula is C11H11ClN2. The number of aryl methyl sites for hydroxylation is 1. The van der Waals surface area contributed by atoms with Crippen LogP contribution in [0, 0.1) is 0 Å². The predicted octanol–water partition coefficient (Wildman–Crippen LogP) is 2.93. The molecular weight excluding hydrogens is 196 g/mol. The van der Waals surface area contributed by atoms with Gasteiger partial charge in [0, 0.05) is 30.0 Å². The van der Waals surface area contributed by atoms with E-state index in [0.29, 0.717) is 0 Å². The molecule has 2 N–H and O–H groups in total. The summed E-state index contributed by atoms with van der Waals surface area (Å²) in [7, 11) is 1.95. The number of nitrogens with zero attached hydrogens (tertiary/aromatic N) is 1. The lowest BCUT2D eigenvalue weighted by Crippen LogP contribution is -1.84. The van der Waals surface area contributed by atoms with Crippen molar-refractivity contribution in [2.45, 2.75) is 0 Å². The summed E-state index contributed by atoms with van der Waals surface area (Å²) in [5.74, 6) is 0. The Morgan fingerprint density at radius 2 is 2.07 bits per heavy atom. The first kappa shape index (κ1) is 9.16. The smallest absolute Gasteiger partial charge is 0.0573 e. The van der Waals surface area contributed by atoms with Crippen molar-refractivity contribution in [1.29, 1.82) is 0 Å². The molecule has 3 heteroatoms. The van der Waals surface area contributed by atoms with Crippen LogP contribution in [0.2, 0.25) is 5.02 Å². The highest BCUT2D eigenvalue weighted by molar-refractivity contribution is 6.30. The molecule has 0 aliphatic carbocycles. The number of rotatable bonds is 1. The van der Waals surface area contributed by atoms with Crippen LogP contribution >= 0.6 is 11.6 Å². The van der Waals surface area contributed by atoms with Gasteiger partial charge in [0.15, 0.2) is 0 Å². The van der Waals surface area contributed by atoms with E-state index in [9.17, 15) is 0 Å². The number of hydrogen-bond donors (Lipinski definition) is 1. The summed E-state index contributed by atoms with van der Waals surface area (Å²) in [5, 5.41) is 0.728. The van der Waals surface area contributed by atoms with Crippen LogP contribution in [-0.4, -0.2) is 4.57 Å². The monoisotopic (exact) mass is 206 g/mol. The molecule has 0 atom stereocenters. The zero-order valence-electron chi connectivity index (χ0n) is 7.87. The fourth-order valence-corrected chi connectivity index (χ4v) is 1.69. The topological polar surface area (TPSA) is 30.9 Å². The second kappa shape index (κ2) is 3.39. The molecule has 2 nitrogen and oxygen atoms in total. The molecule has 1 aromatic heterocycles. The van der Waals surface area contributed by atoms with Crippen molar-refractivity contribution in [1.82, 2.24) is 4.57 Å². The number of nitrogen functional groups attached to an aromatic ring is 1. The number of aromatic nitrogens is 1. The molecule has 0 aliphatic rings. The van der Waals surface area contributed by atoms with Gasteiger partial charge < -0.3 is 10.3 Å². The number of halogens is 1. The molecule has 0 bridgehead atoms. The highest BCUT2D eigenvalue weighted by Crippen LogP contribution is 2.28. The van der Waals surface area contributed by atoms with Crippen LogP contribution in [0.1, 0.15) is 0 Å². The molecule has 1 aromatic carbocycles. The summed E-state index contributed by atoms with van der Waals surface area (Å²) >= 11 is 5.91. The first-order valence-corrected chi connectivity index (χ1v) is 4.72. The SMILES string of the molecule is Cn1cc(N)c(-c2cccc(Cl)c2)c1. The van der Waals surface area contributed by atoms with E-state index in [-0.39, 0.29) is 0 Å². The highest BCUT2D eigenvalue weighted by Gasteiger charge is 2.04. The minimum atomic E-state index is 0.728. The average Bonchev–Trinajstić information content (AvgIpc) is 2.45. The zero-order valence-corrected chi connectivity index (χ0v) is 8.62. The minimum absolute atomic E-state index is 0.728. The van der Waals surface area contributed by atoms with E-state index in [1.54, 1.807) is 0 Å². The van der Waals surface area contributed by atoms with Crippen molar-refractivity contribution >= 4 is 17.3 Å². The summed E-state index contributed by atoms with van der Waals surface area (Å²) in [5.41, 5.74) is 8.71. The number of anilines is 1. The van der Waals surface area contributed by atoms with Crippen molar-refractivity contribution < 1.29 is 0 Å². The summed E-state index contributed by atoms with van der Waals surface area (Å²) in [4.78, 5) is 0. The second-order valence-electron chi connectivity index (χ2n) is 3.30. The maximum Gasteiger partial charge on any atom is 0.0573 e. The van der Waals surface area contributed by atoms with E-state index in [2.05, 4.69) is 0 Å². The molecule has 0 saturated carbocycles. The van der Waals surface area contributed by atoms with Crippen LogP contribution in [0.3, 0.4) is 0 Å². The molecule has 0 amide bonds. The third-order valence-corrected chi connectivity index (χ3v) is 2.36. The van der Waals surface area contributed by atoms with Crippen molar-refractivity contribution in [2.75, 3.05) is 5.73 Å². The second-order valence-corrected chi connectivity index (χ2v) is 3.74. The molecule has 0 spiro atoms. The third kappa shape index (κ3) is 1.61. The van der Waals surface area contributed by atoms with Crippen molar-refractivity contribution in [3.63, 3.8) is 0 Å². The third-order valence-electron chi connectivity index (χ3n) is 2.12. The Morgan fingerprint density at radius 3 is 2.64 bits per heavy atom. The van der Waals surface area contributed by atoms with Gasteiger partial charge in [-0.3, -0.25) is 0 Å². The van der Waals surface area contributed by atoms with Gasteiger partial charge in [-0.1, -0.05) is 23.7 Å². The van der Waals surface area contributed by atoms with Gasteiger partial charge in [-0.15, -0.1) is 0 Å². The molecule has 0 aliphatic heterocycles. The first-order chi connectivity index (χ1) is 6.66. The first-order valence-electron chi connectivity index (χ1n) is 4.34. The molecule has 0 fully saturated rings. The molecule has 2 aromatic rings. The van der Waals surface area contributed by atoms with E-state index in [0.717, 1.165) is 21.8 Å². The Hall–Kier alpha value is -1.41. The molecule has 2 rings (SSSR count). The van der Waals surface area contributed by atoms with Crippen LogP contribution in [0.5, 0.6) is 0 Å². The van der Waals surface area contributed by atoms with Gasteiger partial charge in [0.1, 0.15) is 0 Å². The van der Waals surface area contributed by atoms with E-state index >= 15 is 0 Å². The maximum absolute atomic E-state index is 5.91. The van der Waals surface area contributed by atoms with Gasteiger partial charge in [-0.05, 0) is 17.7 Å².